The van der Waals surface area contributed by atoms with E-state index in [1.165, 1.54) is 13.2 Å². The number of ether oxygens (including phenoxy) is 2. The zero-order valence-corrected chi connectivity index (χ0v) is 18.5. The highest BCUT2D eigenvalue weighted by atomic mass is 16.6. The minimum absolute atomic E-state index is 0.0592. The third-order valence-electron chi connectivity index (χ3n) is 5.36. The minimum Gasteiger partial charge on any atom is -0.504 e. The average molecular weight is 450 g/mol. The van der Waals surface area contributed by atoms with Gasteiger partial charge in [-0.15, -0.1) is 0 Å². The summed E-state index contributed by atoms with van der Waals surface area (Å²) in [7, 11) is 1.46. The van der Waals surface area contributed by atoms with Gasteiger partial charge in [-0.2, -0.15) is 0 Å². The SMILES string of the molecule is COc1ccc([C@H](OC(=O)Nc2cccc3ccccc23)[C@H](C)CC/C=C/C(=O)O)cc1O. The molecule has 0 radical (unpaired) electrons. The summed E-state index contributed by atoms with van der Waals surface area (Å²) in [4.78, 5) is 23.6. The lowest BCUT2D eigenvalue weighted by atomic mass is 9.92. The molecule has 0 aliphatic heterocycles. The number of amides is 1. The monoisotopic (exact) mass is 449 g/mol. The lowest BCUT2D eigenvalue weighted by Crippen LogP contribution is -2.22. The van der Waals surface area contributed by atoms with Gasteiger partial charge in [0.25, 0.3) is 0 Å². The Balaban J connectivity index is 1.81. The van der Waals surface area contributed by atoms with Crippen molar-refractivity contribution in [2.75, 3.05) is 12.4 Å². The molecule has 0 fully saturated rings. The molecule has 0 aliphatic carbocycles. The molecule has 0 saturated heterocycles. The third-order valence-corrected chi connectivity index (χ3v) is 5.36. The number of carboxylic acid groups (broad SMARTS) is 1. The Bertz CT molecular complexity index is 1150. The van der Waals surface area contributed by atoms with Gasteiger partial charge in [0.05, 0.1) is 12.8 Å². The minimum atomic E-state index is -1.01. The van der Waals surface area contributed by atoms with Gasteiger partial charge in [-0.05, 0) is 47.9 Å². The van der Waals surface area contributed by atoms with Crippen molar-refractivity contribution in [1.82, 2.24) is 0 Å². The number of fused-ring (bicyclic) bond motifs is 1. The predicted octanol–water partition coefficient (Wildman–Crippen LogP) is 5.90. The quantitative estimate of drug-likeness (QED) is 0.351. The Morgan fingerprint density at radius 3 is 2.58 bits per heavy atom. The fraction of sp³-hybridized carbons (Fsp3) is 0.231. The number of nitrogens with one attached hydrogen (secondary N) is 1. The summed E-state index contributed by atoms with van der Waals surface area (Å²) in [5, 5.41) is 23.7. The molecule has 33 heavy (non-hydrogen) atoms. The fourth-order valence-electron chi connectivity index (χ4n) is 3.68. The summed E-state index contributed by atoms with van der Waals surface area (Å²) in [6.07, 6.45) is 2.44. The van der Waals surface area contributed by atoms with Gasteiger partial charge in [-0.25, -0.2) is 9.59 Å². The summed E-state index contributed by atoms with van der Waals surface area (Å²) in [6, 6.07) is 18.2. The van der Waals surface area contributed by atoms with E-state index in [1.807, 2.05) is 43.3 Å². The predicted molar refractivity (Wildman–Crippen MR) is 127 cm³/mol. The summed E-state index contributed by atoms with van der Waals surface area (Å²) >= 11 is 0. The van der Waals surface area contributed by atoms with E-state index in [1.54, 1.807) is 24.3 Å². The number of methoxy groups -OCH3 is 1. The first-order valence-electron chi connectivity index (χ1n) is 10.6. The third kappa shape index (κ3) is 6.26. The largest absolute Gasteiger partial charge is 0.504 e. The van der Waals surface area contributed by atoms with E-state index >= 15 is 0 Å². The molecule has 0 spiro atoms. The molecule has 0 unspecified atom stereocenters. The number of anilines is 1. The second kappa shape index (κ2) is 11.0. The van der Waals surface area contributed by atoms with Gasteiger partial charge in [0.2, 0.25) is 0 Å². The summed E-state index contributed by atoms with van der Waals surface area (Å²) in [5.41, 5.74) is 1.24. The molecule has 3 aromatic carbocycles. The van der Waals surface area contributed by atoms with E-state index in [4.69, 9.17) is 14.6 Å². The van der Waals surface area contributed by atoms with Crippen molar-refractivity contribution in [1.29, 1.82) is 0 Å². The number of aliphatic carboxylic acids is 1. The van der Waals surface area contributed by atoms with Crippen molar-refractivity contribution < 1.29 is 29.3 Å². The Kier molecular flexibility index (Phi) is 7.91. The maximum atomic E-state index is 12.9. The van der Waals surface area contributed by atoms with Gasteiger partial charge in [0, 0.05) is 11.5 Å². The maximum absolute atomic E-state index is 12.9. The van der Waals surface area contributed by atoms with E-state index < -0.39 is 18.2 Å². The molecule has 3 rings (SSSR count). The van der Waals surface area contributed by atoms with Gasteiger partial charge in [0.15, 0.2) is 11.5 Å². The number of carbonyl (C=O) groups is 2. The Morgan fingerprint density at radius 1 is 1.09 bits per heavy atom. The number of benzene rings is 3. The standard InChI is InChI=1S/C26H27NO6/c1-17(8-3-6-13-24(29)30)25(19-14-15-23(32-2)22(28)16-19)33-26(31)27-21-12-7-10-18-9-4-5-11-20(18)21/h4-7,9-17,25,28H,3,8H2,1-2H3,(H,27,31)(H,29,30)/b13-6+/t17-,25-/m1/s1. The molecule has 0 saturated carbocycles. The lowest BCUT2D eigenvalue weighted by molar-refractivity contribution is -0.131. The van der Waals surface area contributed by atoms with Crippen molar-refractivity contribution >= 4 is 28.5 Å². The van der Waals surface area contributed by atoms with Crippen molar-refractivity contribution in [2.24, 2.45) is 5.92 Å². The van der Waals surface area contributed by atoms with E-state index in [0.717, 1.165) is 16.8 Å². The van der Waals surface area contributed by atoms with Crippen LogP contribution < -0.4 is 10.1 Å². The zero-order chi connectivity index (χ0) is 23.8. The molecular formula is C26H27NO6. The van der Waals surface area contributed by atoms with Crippen LogP contribution in [0.3, 0.4) is 0 Å². The number of hydrogen-bond acceptors (Lipinski definition) is 5. The van der Waals surface area contributed by atoms with E-state index in [9.17, 15) is 14.7 Å². The number of allylic oxidation sites excluding steroid dienone is 1. The molecule has 7 nitrogen and oxygen atoms in total. The molecule has 1 amide bonds. The molecule has 0 aliphatic rings. The van der Waals surface area contributed by atoms with Crippen LogP contribution >= 0.6 is 0 Å². The molecule has 2 atom stereocenters. The highest BCUT2D eigenvalue weighted by Gasteiger charge is 2.25. The Morgan fingerprint density at radius 2 is 1.85 bits per heavy atom. The van der Waals surface area contributed by atoms with Gasteiger partial charge in [0.1, 0.15) is 6.10 Å². The first-order valence-corrected chi connectivity index (χ1v) is 10.6. The highest BCUT2D eigenvalue weighted by Crippen LogP contribution is 2.35. The van der Waals surface area contributed by atoms with Gasteiger partial charge in [-0.1, -0.05) is 55.5 Å². The Labute approximate surface area is 192 Å². The lowest BCUT2D eigenvalue weighted by Gasteiger charge is -2.25. The fourth-order valence-corrected chi connectivity index (χ4v) is 3.68. The van der Waals surface area contributed by atoms with E-state index in [-0.39, 0.29) is 11.7 Å². The van der Waals surface area contributed by atoms with Crippen LogP contribution in [-0.2, 0) is 9.53 Å². The first-order chi connectivity index (χ1) is 15.9. The molecular weight excluding hydrogens is 422 g/mol. The van der Waals surface area contributed by atoms with Crippen LogP contribution in [0.4, 0.5) is 10.5 Å². The van der Waals surface area contributed by atoms with Gasteiger partial charge >= 0.3 is 12.1 Å². The molecule has 7 heteroatoms. The van der Waals surface area contributed by atoms with Crippen LogP contribution in [0.1, 0.15) is 31.4 Å². The van der Waals surface area contributed by atoms with Crippen LogP contribution in [0.5, 0.6) is 11.5 Å². The Hall–Kier alpha value is -4.00. The summed E-state index contributed by atoms with van der Waals surface area (Å²) in [6.45, 7) is 1.91. The molecule has 0 aromatic heterocycles. The molecule has 0 heterocycles. The smallest absolute Gasteiger partial charge is 0.412 e. The van der Waals surface area contributed by atoms with Crippen molar-refractivity contribution in [3.8, 4) is 11.5 Å². The molecule has 3 aromatic rings. The number of rotatable bonds is 9. The van der Waals surface area contributed by atoms with Crippen molar-refractivity contribution in [3.63, 3.8) is 0 Å². The second-order valence-corrected chi connectivity index (χ2v) is 7.70. The molecule has 3 N–H and O–H groups in total. The van der Waals surface area contributed by atoms with Crippen LogP contribution in [0.25, 0.3) is 10.8 Å². The highest BCUT2D eigenvalue weighted by molar-refractivity contribution is 6.00. The van der Waals surface area contributed by atoms with Crippen LogP contribution in [0.2, 0.25) is 0 Å². The second-order valence-electron chi connectivity index (χ2n) is 7.70. The first kappa shape index (κ1) is 23.7. The summed E-state index contributed by atoms with van der Waals surface area (Å²) < 4.78 is 10.9. The van der Waals surface area contributed by atoms with Crippen LogP contribution in [0.15, 0.2) is 72.8 Å². The molecule has 172 valence electrons. The number of phenols is 1. The maximum Gasteiger partial charge on any atom is 0.412 e. The van der Waals surface area contributed by atoms with Gasteiger partial charge < -0.3 is 19.7 Å². The van der Waals surface area contributed by atoms with E-state index in [0.29, 0.717) is 29.8 Å². The molecule has 0 bridgehead atoms. The van der Waals surface area contributed by atoms with E-state index in [2.05, 4.69) is 5.32 Å². The van der Waals surface area contributed by atoms with Gasteiger partial charge in [-0.3, -0.25) is 5.32 Å². The van der Waals surface area contributed by atoms with Crippen LogP contribution in [-0.4, -0.2) is 29.4 Å². The number of carboxylic acids is 1. The number of carbonyl (C=O) groups excluding carboxylic acids is 1. The zero-order valence-electron chi connectivity index (χ0n) is 18.5. The van der Waals surface area contributed by atoms with Crippen LogP contribution in [0, 0.1) is 5.92 Å². The average Bonchev–Trinajstić information content (AvgIpc) is 2.80. The number of aromatic hydroxyl groups is 1. The topological polar surface area (TPSA) is 105 Å². The summed E-state index contributed by atoms with van der Waals surface area (Å²) in [5.74, 6) is -0.912. The van der Waals surface area contributed by atoms with Crippen molar-refractivity contribution in [3.05, 3.63) is 78.4 Å². The van der Waals surface area contributed by atoms with Crippen molar-refractivity contribution in [2.45, 2.75) is 25.9 Å². The number of phenolic OH excluding ortho intramolecular Hbond substituents is 1. The number of hydrogen-bond donors (Lipinski definition) is 3. The normalized spacial score (nSPS) is 12.9.